The Morgan fingerprint density at radius 1 is 1.38 bits per heavy atom. The molecule has 0 saturated heterocycles. The molecule has 2 N–H and O–H groups in total. The molecular weight excluding hydrogens is 294 g/mol. The number of aryl methyl sites for hydroxylation is 1. The molecule has 0 spiro atoms. The van der Waals surface area contributed by atoms with Gasteiger partial charge in [-0.1, -0.05) is 17.7 Å². The van der Waals surface area contributed by atoms with E-state index in [2.05, 4.69) is 5.32 Å². The molecule has 0 aliphatic carbocycles. The standard InChI is InChI=1S/C15H20ClNO4/c1-9-7-11(16)6-5-10(9)8-12(13(18)19)17-14(20)21-15(2,3)4/h5-7,12H,8H2,1-4H3,(H,17,20)(H,18,19)/t12-/m1/s1. The Bertz CT molecular complexity index is 537. The molecule has 0 saturated carbocycles. The van der Waals surface area contributed by atoms with Crippen LogP contribution in [0, 0.1) is 6.92 Å². The molecule has 0 bridgehead atoms. The maximum Gasteiger partial charge on any atom is 0.408 e. The lowest BCUT2D eigenvalue weighted by atomic mass is 10.0. The second-order valence-electron chi connectivity index (χ2n) is 5.81. The minimum absolute atomic E-state index is 0.164. The maximum atomic E-state index is 11.7. The number of carboxylic acids is 1. The highest BCUT2D eigenvalue weighted by Crippen LogP contribution is 2.17. The molecule has 6 heteroatoms. The molecule has 0 aliphatic rings. The zero-order valence-corrected chi connectivity index (χ0v) is 13.3. The molecule has 5 nitrogen and oxygen atoms in total. The summed E-state index contributed by atoms with van der Waals surface area (Å²) < 4.78 is 5.07. The van der Waals surface area contributed by atoms with Gasteiger partial charge >= 0.3 is 12.1 Å². The van der Waals surface area contributed by atoms with E-state index in [-0.39, 0.29) is 6.42 Å². The number of amides is 1. The van der Waals surface area contributed by atoms with Crippen molar-refractivity contribution in [2.75, 3.05) is 0 Å². The lowest BCUT2D eigenvalue weighted by Crippen LogP contribution is -2.44. The first-order valence-corrected chi connectivity index (χ1v) is 6.93. The normalized spacial score (nSPS) is 12.6. The van der Waals surface area contributed by atoms with Gasteiger partial charge in [-0.05, 0) is 51.0 Å². The lowest BCUT2D eigenvalue weighted by Gasteiger charge is -2.22. The van der Waals surface area contributed by atoms with Crippen molar-refractivity contribution in [1.82, 2.24) is 5.32 Å². The molecule has 0 radical (unpaired) electrons. The molecule has 1 amide bonds. The number of benzene rings is 1. The van der Waals surface area contributed by atoms with Crippen LogP contribution in [0.15, 0.2) is 18.2 Å². The van der Waals surface area contributed by atoms with Gasteiger partial charge in [0.2, 0.25) is 0 Å². The summed E-state index contributed by atoms with van der Waals surface area (Å²) in [6, 6.07) is 4.14. The molecule has 1 atom stereocenters. The van der Waals surface area contributed by atoms with Crippen molar-refractivity contribution in [3.63, 3.8) is 0 Å². The summed E-state index contributed by atoms with van der Waals surface area (Å²) in [5.41, 5.74) is 1.01. The third-order valence-electron chi connectivity index (χ3n) is 2.72. The molecule has 0 aromatic heterocycles. The molecule has 0 heterocycles. The van der Waals surface area contributed by atoms with E-state index >= 15 is 0 Å². The number of hydrogen-bond donors (Lipinski definition) is 2. The van der Waals surface area contributed by atoms with Gasteiger partial charge in [0.1, 0.15) is 11.6 Å². The van der Waals surface area contributed by atoms with E-state index in [1.165, 1.54) is 0 Å². The number of rotatable bonds is 4. The van der Waals surface area contributed by atoms with E-state index in [1.807, 2.05) is 6.92 Å². The molecule has 0 aliphatic heterocycles. The summed E-state index contributed by atoms with van der Waals surface area (Å²) >= 11 is 5.87. The second kappa shape index (κ2) is 6.80. The van der Waals surface area contributed by atoms with Crippen LogP contribution in [0.5, 0.6) is 0 Å². The van der Waals surface area contributed by atoms with Crippen molar-refractivity contribution in [3.05, 3.63) is 34.3 Å². The minimum Gasteiger partial charge on any atom is -0.480 e. The number of ether oxygens (including phenoxy) is 1. The number of aliphatic carboxylic acids is 1. The molecule has 21 heavy (non-hydrogen) atoms. The molecule has 116 valence electrons. The van der Waals surface area contributed by atoms with Gasteiger partial charge in [-0.25, -0.2) is 9.59 Å². The predicted octanol–water partition coefficient (Wildman–Crippen LogP) is 3.17. The average Bonchev–Trinajstić information content (AvgIpc) is 2.28. The lowest BCUT2D eigenvalue weighted by molar-refractivity contribution is -0.139. The number of carboxylic acid groups (broad SMARTS) is 1. The van der Waals surface area contributed by atoms with E-state index in [4.69, 9.17) is 16.3 Å². The molecule has 1 rings (SSSR count). The largest absolute Gasteiger partial charge is 0.480 e. The number of halogens is 1. The summed E-state index contributed by atoms with van der Waals surface area (Å²) in [5.74, 6) is -1.12. The van der Waals surface area contributed by atoms with E-state index in [0.717, 1.165) is 11.1 Å². The topological polar surface area (TPSA) is 75.6 Å². The Hall–Kier alpha value is -1.75. The average molecular weight is 314 g/mol. The third kappa shape index (κ3) is 6.04. The van der Waals surface area contributed by atoms with Crippen LogP contribution < -0.4 is 5.32 Å². The van der Waals surface area contributed by atoms with Gasteiger partial charge in [0.15, 0.2) is 0 Å². The zero-order chi connectivity index (χ0) is 16.2. The van der Waals surface area contributed by atoms with Crippen LogP contribution in [-0.2, 0) is 16.0 Å². The smallest absolute Gasteiger partial charge is 0.408 e. The Kier molecular flexibility index (Phi) is 5.61. The highest BCUT2D eigenvalue weighted by atomic mass is 35.5. The van der Waals surface area contributed by atoms with Gasteiger partial charge in [0.05, 0.1) is 0 Å². The summed E-state index contributed by atoms with van der Waals surface area (Å²) in [6.07, 6.45) is -0.584. The molecular formula is C15H20ClNO4. The number of carbonyl (C=O) groups is 2. The Morgan fingerprint density at radius 3 is 2.48 bits per heavy atom. The predicted molar refractivity (Wildman–Crippen MR) is 80.7 cm³/mol. The fraction of sp³-hybridized carbons (Fsp3) is 0.467. The van der Waals surface area contributed by atoms with Gasteiger partial charge in [-0.3, -0.25) is 0 Å². The third-order valence-corrected chi connectivity index (χ3v) is 2.95. The number of nitrogens with one attached hydrogen (secondary N) is 1. The fourth-order valence-electron chi connectivity index (χ4n) is 1.76. The van der Waals surface area contributed by atoms with Crippen molar-refractivity contribution >= 4 is 23.7 Å². The van der Waals surface area contributed by atoms with Gasteiger partial charge < -0.3 is 15.2 Å². The van der Waals surface area contributed by atoms with Gasteiger partial charge in [0.25, 0.3) is 0 Å². The van der Waals surface area contributed by atoms with Gasteiger partial charge in [-0.2, -0.15) is 0 Å². The number of alkyl carbamates (subject to hydrolysis) is 1. The van der Waals surface area contributed by atoms with Gasteiger partial charge in [0, 0.05) is 11.4 Å². The quantitative estimate of drug-likeness (QED) is 0.895. The summed E-state index contributed by atoms with van der Waals surface area (Å²) in [5, 5.41) is 12.2. The van der Waals surface area contributed by atoms with Crippen molar-refractivity contribution in [2.24, 2.45) is 0 Å². The zero-order valence-electron chi connectivity index (χ0n) is 12.6. The van der Waals surface area contributed by atoms with Crippen LogP contribution in [0.2, 0.25) is 5.02 Å². The Labute approximate surface area is 129 Å². The van der Waals surface area contributed by atoms with Crippen LogP contribution in [0.3, 0.4) is 0 Å². The first-order chi connectivity index (χ1) is 9.58. The van der Waals surface area contributed by atoms with Crippen LogP contribution in [0.25, 0.3) is 0 Å². The monoisotopic (exact) mass is 313 g/mol. The van der Waals surface area contributed by atoms with Crippen LogP contribution in [0.1, 0.15) is 31.9 Å². The van der Waals surface area contributed by atoms with Crippen LogP contribution >= 0.6 is 11.6 Å². The maximum absolute atomic E-state index is 11.7. The van der Waals surface area contributed by atoms with Crippen LogP contribution in [0.4, 0.5) is 4.79 Å². The van der Waals surface area contributed by atoms with E-state index < -0.39 is 23.7 Å². The molecule has 1 aromatic carbocycles. The van der Waals surface area contributed by atoms with E-state index in [0.29, 0.717) is 5.02 Å². The van der Waals surface area contributed by atoms with Crippen LogP contribution in [-0.4, -0.2) is 28.8 Å². The fourth-order valence-corrected chi connectivity index (χ4v) is 1.98. The SMILES string of the molecule is Cc1cc(Cl)ccc1C[C@@H](NC(=O)OC(C)(C)C)C(=O)O. The molecule has 0 fully saturated rings. The highest BCUT2D eigenvalue weighted by Gasteiger charge is 2.24. The first kappa shape index (κ1) is 17.3. The van der Waals surface area contributed by atoms with E-state index in [9.17, 15) is 14.7 Å². The van der Waals surface area contributed by atoms with Crippen molar-refractivity contribution < 1.29 is 19.4 Å². The van der Waals surface area contributed by atoms with E-state index in [1.54, 1.807) is 39.0 Å². The Morgan fingerprint density at radius 2 is 2.00 bits per heavy atom. The van der Waals surface area contributed by atoms with Crippen molar-refractivity contribution in [3.8, 4) is 0 Å². The first-order valence-electron chi connectivity index (χ1n) is 6.56. The van der Waals surface area contributed by atoms with Crippen molar-refractivity contribution in [1.29, 1.82) is 0 Å². The second-order valence-corrected chi connectivity index (χ2v) is 6.25. The summed E-state index contributed by atoms with van der Waals surface area (Å²) in [7, 11) is 0. The molecule has 1 aromatic rings. The van der Waals surface area contributed by atoms with Gasteiger partial charge in [-0.15, -0.1) is 0 Å². The number of carbonyl (C=O) groups excluding carboxylic acids is 1. The number of hydrogen-bond acceptors (Lipinski definition) is 3. The van der Waals surface area contributed by atoms with Crippen molar-refractivity contribution in [2.45, 2.75) is 45.8 Å². The minimum atomic E-state index is -1.12. The Balaban J connectivity index is 2.79. The summed E-state index contributed by atoms with van der Waals surface area (Å²) in [6.45, 7) is 6.98. The summed E-state index contributed by atoms with van der Waals surface area (Å²) in [4.78, 5) is 23.0. The molecule has 0 unspecified atom stereocenters. The highest BCUT2D eigenvalue weighted by molar-refractivity contribution is 6.30.